The Labute approximate surface area is 202 Å². The Morgan fingerprint density at radius 2 is 1.76 bits per heavy atom. The summed E-state index contributed by atoms with van der Waals surface area (Å²) in [6.07, 6.45) is 0.928. The second-order valence-corrected chi connectivity index (χ2v) is 11.3. The van der Waals surface area contributed by atoms with E-state index in [4.69, 9.17) is 9.47 Å². The minimum absolute atomic E-state index is 0.0892. The first-order valence-corrected chi connectivity index (χ1v) is 13.5. The Morgan fingerprint density at radius 3 is 2.44 bits per heavy atom. The zero-order chi connectivity index (χ0) is 23.7. The van der Waals surface area contributed by atoms with Crippen molar-refractivity contribution < 1.29 is 22.7 Å². The number of fused-ring (bicyclic) bond motifs is 1. The number of amides is 1. The third kappa shape index (κ3) is 4.66. The zero-order valence-electron chi connectivity index (χ0n) is 18.7. The predicted octanol–water partition coefficient (Wildman–Crippen LogP) is 3.93. The van der Waals surface area contributed by atoms with Crippen LogP contribution >= 0.6 is 11.3 Å². The molecule has 0 saturated carbocycles. The van der Waals surface area contributed by atoms with Gasteiger partial charge in [-0.25, -0.2) is 13.4 Å². The fraction of sp³-hybridized carbons (Fsp3) is 0.333. The first kappa shape index (κ1) is 22.8. The molecule has 0 unspecified atom stereocenters. The van der Waals surface area contributed by atoms with E-state index in [0.29, 0.717) is 43.2 Å². The largest absolute Gasteiger partial charge is 0.486 e. The van der Waals surface area contributed by atoms with Gasteiger partial charge in [0.25, 0.3) is 0 Å². The summed E-state index contributed by atoms with van der Waals surface area (Å²) in [5, 5.41) is 5.98. The van der Waals surface area contributed by atoms with Crippen molar-refractivity contribution in [3.63, 3.8) is 0 Å². The van der Waals surface area contributed by atoms with E-state index in [1.165, 1.54) is 16.4 Å². The van der Waals surface area contributed by atoms with Gasteiger partial charge in [-0.05, 0) is 44.0 Å². The lowest BCUT2D eigenvalue weighted by Crippen LogP contribution is -2.41. The number of piperidine rings is 1. The maximum atomic E-state index is 13.1. The maximum Gasteiger partial charge on any atom is 0.243 e. The van der Waals surface area contributed by atoms with Crippen molar-refractivity contribution in [2.75, 3.05) is 31.6 Å². The van der Waals surface area contributed by atoms with Crippen molar-refractivity contribution in [3.8, 4) is 22.8 Å². The average molecular weight is 500 g/mol. The van der Waals surface area contributed by atoms with Crippen LogP contribution in [0.25, 0.3) is 11.3 Å². The molecule has 10 heteroatoms. The van der Waals surface area contributed by atoms with E-state index in [1.54, 1.807) is 17.4 Å². The lowest BCUT2D eigenvalue weighted by Gasteiger charge is -2.30. The molecule has 1 fully saturated rings. The number of anilines is 1. The summed E-state index contributed by atoms with van der Waals surface area (Å²) in [7, 11) is -3.67. The second-order valence-electron chi connectivity index (χ2n) is 8.30. The lowest BCUT2D eigenvalue weighted by atomic mass is 9.97. The van der Waals surface area contributed by atoms with E-state index in [1.807, 2.05) is 36.6 Å². The Hall–Kier alpha value is -2.95. The van der Waals surface area contributed by atoms with Crippen LogP contribution in [0.5, 0.6) is 11.5 Å². The van der Waals surface area contributed by atoms with Crippen molar-refractivity contribution in [1.29, 1.82) is 0 Å². The third-order valence-corrected chi connectivity index (χ3v) is 8.71. The van der Waals surface area contributed by atoms with Crippen LogP contribution in [-0.2, 0) is 14.8 Å². The highest BCUT2D eigenvalue weighted by molar-refractivity contribution is 7.89. The first-order valence-electron chi connectivity index (χ1n) is 11.1. The number of hydrogen-bond acceptors (Lipinski definition) is 7. The highest BCUT2D eigenvalue weighted by Gasteiger charge is 2.33. The van der Waals surface area contributed by atoms with Gasteiger partial charge in [-0.1, -0.05) is 12.1 Å². The molecule has 2 aliphatic heterocycles. The molecule has 178 valence electrons. The fourth-order valence-corrected chi connectivity index (χ4v) is 6.26. The van der Waals surface area contributed by atoms with E-state index in [2.05, 4.69) is 10.3 Å². The molecule has 1 N–H and O–H groups in total. The number of benzene rings is 2. The fourth-order valence-electron chi connectivity index (χ4n) is 4.16. The summed E-state index contributed by atoms with van der Waals surface area (Å²) in [6, 6.07) is 12.3. The molecule has 0 bridgehead atoms. The van der Waals surface area contributed by atoms with Crippen molar-refractivity contribution >= 4 is 33.0 Å². The lowest BCUT2D eigenvalue weighted by molar-refractivity contribution is -0.120. The van der Waals surface area contributed by atoms with Crippen molar-refractivity contribution in [2.24, 2.45) is 5.92 Å². The number of rotatable bonds is 5. The molecule has 0 aliphatic carbocycles. The van der Waals surface area contributed by atoms with Gasteiger partial charge in [0.15, 0.2) is 11.5 Å². The van der Waals surface area contributed by atoms with Crippen molar-refractivity contribution in [1.82, 2.24) is 9.29 Å². The van der Waals surface area contributed by atoms with Crippen LogP contribution in [0.4, 0.5) is 5.69 Å². The number of sulfonamides is 1. The molecule has 0 spiro atoms. The molecule has 0 atom stereocenters. The Bertz CT molecular complexity index is 1300. The standard InChI is InChI=1S/C24H25N3O5S2/c1-16-25-21(15-33-16)17-2-4-19(5-3-17)26-24(28)18-8-10-27(11-9-18)34(29,30)20-6-7-22-23(14-20)32-13-12-31-22/h2-7,14-15,18H,8-13H2,1H3,(H,26,28). The van der Waals surface area contributed by atoms with Gasteiger partial charge in [-0.3, -0.25) is 4.79 Å². The number of carbonyl (C=O) groups excluding carboxylic acids is 1. The second kappa shape index (κ2) is 9.36. The summed E-state index contributed by atoms with van der Waals surface area (Å²) in [5.41, 5.74) is 2.64. The van der Waals surface area contributed by atoms with E-state index in [9.17, 15) is 13.2 Å². The van der Waals surface area contributed by atoms with E-state index < -0.39 is 10.0 Å². The summed E-state index contributed by atoms with van der Waals surface area (Å²) < 4.78 is 38.7. The first-order chi connectivity index (χ1) is 16.4. The number of hydrogen-bond donors (Lipinski definition) is 1. The normalized spacial score (nSPS) is 16.9. The van der Waals surface area contributed by atoms with E-state index in [-0.39, 0.29) is 29.8 Å². The van der Waals surface area contributed by atoms with Crippen LogP contribution in [0.1, 0.15) is 17.8 Å². The average Bonchev–Trinajstić information content (AvgIpc) is 3.30. The molecule has 2 aliphatic rings. The molecule has 8 nitrogen and oxygen atoms in total. The van der Waals surface area contributed by atoms with Crippen molar-refractivity contribution in [2.45, 2.75) is 24.7 Å². The third-order valence-electron chi connectivity index (χ3n) is 6.04. The predicted molar refractivity (Wildman–Crippen MR) is 130 cm³/mol. The Morgan fingerprint density at radius 1 is 1.06 bits per heavy atom. The topological polar surface area (TPSA) is 97.8 Å². The molecule has 2 aromatic carbocycles. The minimum atomic E-state index is -3.67. The van der Waals surface area contributed by atoms with Crippen LogP contribution in [0.2, 0.25) is 0 Å². The Balaban J connectivity index is 1.19. The van der Waals surface area contributed by atoms with Crippen LogP contribution in [-0.4, -0.2) is 49.9 Å². The van der Waals surface area contributed by atoms with Gasteiger partial charge in [0.05, 0.1) is 15.6 Å². The molecule has 1 amide bonds. The number of nitrogens with one attached hydrogen (secondary N) is 1. The van der Waals surface area contributed by atoms with Gasteiger partial charge in [0.1, 0.15) is 13.2 Å². The van der Waals surface area contributed by atoms with Crippen molar-refractivity contribution in [3.05, 3.63) is 52.9 Å². The number of thiazole rings is 1. The van der Waals surface area contributed by atoms with Crippen LogP contribution in [0, 0.1) is 12.8 Å². The molecular formula is C24H25N3O5S2. The zero-order valence-corrected chi connectivity index (χ0v) is 20.3. The quantitative estimate of drug-likeness (QED) is 0.571. The summed E-state index contributed by atoms with van der Waals surface area (Å²) in [4.78, 5) is 17.4. The van der Waals surface area contributed by atoms with Gasteiger partial charge in [-0.15, -0.1) is 11.3 Å². The maximum absolute atomic E-state index is 13.1. The SMILES string of the molecule is Cc1nc(-c2ccc(NC(=O)C3CCN(S(=O)(=O)c4ccc5c(c4)OCCO5)CC3)cc2)cs1. The summed E-state index contributed by atoms with van der Waals surface area (Å²) >= 11 is 1.60. The number of aryl methyl sites for hydroxylation is 1. The molecule has 5 rings (SSSR count). The number of carbonyl (C=O) groups is 1. The van der Waals surface area contributed by atoms with Gasteiger partial charge in [-0.2, -0.15) is 4.31 Å². The highest BCUT2D eigenvalue weighted by Crippen LogP contribution is 2.34. The van der Waals surface area contributed by atoms with Gasteiger partial charge < -0.3 is 14.8 Å². The number of nitrogens with zero attached hydrogens (tertiary/aromatic N) is 2. The van der Waals surface area contributed by atoms with E-state index in [0.717, 1.165) is 16.3 Å². The number of ether oxygens (including phenoxy) is 2. The van der Waals surface area contributed by atoms with Gasteiger partial charge in [0.2, 0.25) is 15.9 Å². The smallest absolute Gasteiger partial charge is 0.243 e. The van der Waals surface area contributed by atoms with Crippen LogP contribution < -0.4 is 14.8 Å². The molecule has 1 aromatic heterocycles. The number of aromatic nitrogens is 1. The Kier molecular flexibility index (Phi) is 6.28. The monoisotopic (exact) mass is 499 g/mol. The highest BCUT2D eigenvalue weighted by atomic mass is 32.2. The molecule has 3 heterocycles. The summed E-state index contributed by atoms with van der Waals surface area (Å²) in [5.74, 6) is 0.661. The molecule has 34 heavy (non-hydrogen) atoms. The van der Waals surface area contributed by atoms with Crippen LogP contribution in [0.3, 0.4) is 0 Å². The molecule has 0 radical (unpaired) electrons. The molecule has 3 aromatic rings. The minimum Gasteiger partial charge on any atom is -0.486 e. The van der Waals surface area contributed by atoms with Crippen LogP contribution in [0.15, 0.2) is 52.7 Å². The van der Waals surface area contributed by atoms with Gasteiger partial charge in [0, 0.05) is 41.7 Å². The molecular weight excluding hydrogens is 474 g/mol. The molecule has 1 saturated heterocycles. The van der Waals surface area contributed by atoms with Gasteiger partial charge >= 0.3 is 0 Å². The summed E-state index contributed by atoms with van der Waals surface area (Å²) in [6.45, 7) is 3.39. The van der Waals surface area contributed by atoms with E-state index >= 15 is 0 Å².